The molecule has 1 rings (SSSR count). The van der Waals surface area contributed by atoms with E-state index in [1.54, 1.807) is 12.1 Å². The molecule has 1 aromatic carbocycles. The van der Waals surface area contributed by atoms with Crippen molar-refractivity contribution in [1.29, 1.82) is 0 Å². The fourth-order valence-electron chi connectivity index (χ4n) is 1.40. The van der Waals surface area contributed by atoms with Gasteiger partial charge < -0.3 is 4.74 Å². The van der Waals surface area contributed by atoms with E-state index in [1.165, 1.54) is 7.11 Å². The van der Waals surface area contributed by atoms with Crippen molar-refractivity contribution >= 4 is 32.6 Å². The normalized spacial score (nSPS) is 13.5. The monoisotopic (exact) mass is 355 g/mol. The van der Waals surface area contributed by atoms with Gasteiger partial charge in [0.1, 0.15) is 10.6 Å². The first kappa shape index (κ1) is 13.7. The van der Waals surface area contributed by atoms with Crippen molar-refractivity contribution in [3.8, 4) is 5.75 Å². The van der Waals surface area contributed by atoms with Crippen LogP contribution in [0.15, 0.2) is 23.1 Å². The van der Waals surface area contributed by atoms with E-state index in [4.69, 9.17) is 9.88 Å². The fourth-order valence-corrected chi connectivity index (χ4v) is 2.65. The zero-order valence-electron chi connectivity index (χ0n) is 9.10. The summed E-state index contributed by atoms with van der Waals surface area (Å²) < 4.78 is 28.1. The van der Waals surface area contributed by atoms with E-state index in [0.29, 0.717) is 3.92 Å². The largest absolute Gasteiger partial charge is 0.495 e. The molecule has 0 aliphatic rings. The number of ether oxygens (including phenoxy) is 1. The lowest BCUT2D eigenvalue weighted by molar-refractivity contribution is 0.402. The van der Waals surface area contributed by atoms with Gasteiger partial charge in [-0.15, -0.1) is 0 Å². The number of alkyl halides is 1. The van der Waals surface area contributed by atoms with Crippen molar-refractivity contribution in [1.82, 2.24) is 0 Å². The molecular weight excluding hydrogens is 341 g/mol. The summed E-state index contributed by atoms with van der Waals surface area (Å²) in [4.78, 5) is 0.0459. The van der Waals surface area contributed by atoms with Crippen molar-refractivity contribution < 1.29 is 13.2 Å². The van der Waals surface area contributed by atoms with Gasteiger partial charge in [-0.3, -0.25) is 0 Å². The molecule has 0 fully saturated rings. The van der Waals surface area contributed by atoms with Gasteiger partial charge in [-0.2, -0.15) is 0 Å². The molecule has 0 heterocycles. The topological polar surface area (TPSA) is 69.4 Å². The van der Waals surface area contributed by atoms with Gasteiger partial charge >= 0.3 is 0 Å². The lowest BCUT2D eigenvalue weighted by Crippen LogP contribution is -2.14. The second-order valence-electron chi connectivity index (χ2n) is 3.52. The highest BCUT2D eigenvalue weighted by Gasteiger charge is 2.15. The molecule has 0 radical (unpaired) electrons. The summed E-state index contributed by atoms with van der Waals surface area (Å²) in [6.45, 7) is 2.06. The first-order valence-corrected chi connectivity index (χ1v) is 7.47. The molecule has 0 amide bonds. The molecule has 0 aromatic heterocycles. The summed E-state index contributed by atoms with van der Waals surface area (Å²) in [6, 6.07) is 5.06. The lowest BCUT2D eigenvalue weighted by Gasteiger charge is -2.09. The minimum atomic E-state index is -3.73. The Hall–Kier alpha value is -0.340. The predicted molar refractivity (Wildman–Crippen MR) is 71.6 cm³/mol. The Morgan fingerprint density at radius 3 is 2.56 bits per heavy atom. The van der Waals surface area contributed by atoms with E-state index in [0.717, 1.165) is 12.0 Å². The molecule has 0 aliphatic heterocycles. The highest BCUT2D eigenvalue weighted by Crippen LogP contribution is 2.24. The van der Waals surface area contributed by atoms with Gasteiger partial charge in [-0.25, -0.2) is 13.6 Å². The van der Waals surface area contributed by atoms with E-state index < -0.39 is 10.0 Å². The van der Waals surface area contributed by atoms with Crippen LogP contribution in [0.25, 0.3) is 0 Å². The first-order chi connectivity index (χ1) is 7.34. The number of primary sulfonamides is 1. The second-order valence-corrected chi connectivity index (χ2v) is 7.17. The molecular formula is C10H14INO3S. The number of methoxy groups -OCH3 is 1. The standard InChI is InChI=1S/C10H14INO3S/c1-7(11)5-8-3-4-9(15-2)10(6-8)16(12,13)14/h3-4,6-7H,5H2,1-2H3,(H2,12,13,14)/t7-/m0/s1. The van der Waals surface area contributed by atoms with Crippen molar-refractivity contribution in [2.24, 2.45) is 5.14 Å². The molecule has 6 heteroatoms. The number of sulfonamides is 1. The molecule has 0 saturated carbocycles. The van der Waals surface area contributed by atoms with E-state index >= 15 is 0 Å². The third-order valence-electron chi connectivity index (χ3n) is 2.05. The number of benzene rings is 1. The quantitative estimate of drug-likeness (QED) is 0.660. The van der Waals surface area contributed by atoms with Crippen LogP contribution in [0, 0.1) is 0 Å². The zero-order chi connectivity index (χ0) is 12.3. The average Bonchev–Trinajstić information content (AvgIpc) is 2.15. The molecule has 0 unspecified atom stereocenters. The van der Waals surface area contributed by atoms with Crippen molar-refractivity contribution in [2.45, 2.75) is 22.2 Å². The van der Waals surface area contributed by atoms with E-state index in [1.807, 2.05) is 6.07 Å². The minimum Gasteiger partial charge on any atom is -0.495 e. The van der Waals surface area contributed by atoms with Crippen LogP contribution < -0.4 is 9.88 Å². The van der Waals surface area contributed by atoms with Crippen LogP contribution in [-0.2, 0) is 16.4 Å². The lowest BCUT2D eigenvalue weighted by atomic mass is 10.1. The number of nitrogens with two attached hydrogens (primary N) is 1. The molecule has 90 valence electrons. The maximum atomic E-state index is 11.3. The summed E-state index contributed by atoms with van der Waals surface area (Å²) in [7, 11) is -2.31. The number of halogens is 1. The Balaban J connectivity index is 3.22. The first-order valence-electron chi connectivity index (χ1n) is 4.68. The summed E-state index contributed by atoms with van der Waals surface area (Å²) in [5, 5.41) is 5.12. The smallest absolute Gasteiger partial charge is 0.241 e. The van der Waals surface area contributed by atoms with Crippen LogP contribution in [0.3, 0.4) is 0 Å². The number of hydrogen-bond acceptors (Lipinski definition) is 3. The van der Waals surface area contributed by atoms with Crippen molar-refractivity contribution in [2.75, 3.05) is 7.11 Å². The molecule has 0 aliphatic carbocycles. The van der Waals surface area contributed by atoms with Gasteiger partial charge in [0.05, 0.1) is 7.11 Å². The van der Waals surface area contributed by atoms with Crippen LogP contribution in [0.5, 0.6) is 5.75 Å². The molecule has 1 atom stereocenters. The van der Waals surface area contributed by atoms with E-state index in [9.17, 15) is 8.42 Å². The minimum absolute atomic E-state index is 0.0459. The van der Waals surface area contributed by atoms with Gasteiger partial charge in [-0.05, 0) is 24.1 Å². The zero-order valence-corrected chi connectivity index (χ0v) is 12.1. The maximum Gasteiger partial charge on any atom is 0.241 e. The van der Waals surface area contributed by atoms with Crippen LogP contribution in [0.4, 0.5) is 0 Å². The Morgan fingerprint density at radius 2 is 2.12 bits per heavy atom. The summed E-state index contributed by atoms with van der Waals surface area (Å²) in [5.74, 6) is 0.285. The van der Waals surface area contributed by atoms with Crippen LogP contribution >= 0.6 is 22.6 Å². The average molecular weight is 355 g/mol. The molecule has 0 bridgehead atoms. The van der Waals surface area contributed by atoms with E-state index in [-0.39, 0.29) is 10.6 Å². The van der Waals surface area contributed by atoms with Gasteiger partial charge in [0.25, 0.3) is 0 Å². The van der Waals surface area contributed by atoms with Gasteiger partial charge in [0, 0.05) is 3.92 Å². The van der Waals surface area contributed by atoms with Crippen LogP contribution in [0.2, 0.25) is 0 Å². The van der Waals surface area contributed by atoms with E-state index in [2.05, 4.69) is 29.5 Å². The predicted octanol–water partition coefficient (Wildman–Crippen LogP) is 1.71. The third kappa shape index (κ3) is 3.60. The van der Waals surface area contributed by atoms with Crippen molar-refractivity contribution in [3.05, 3.63) is 23.8 Å². The molecule has 16 heavy (non-hydrogen) atoms. The van der Waals surface area contributed by atoms with Crippen molar-refractivity contribution in [3.63, 3.8) is 0 Å². The molecule has 4 nitrogen and oxygen atoms in total. The van der Waals surface area contributed by atoms with Gasteiger partial charge in [-0.1, -0.05) is 35.6 Å². The molecule has 2 N–H and O–H groups in total. The highest BCUT2D eigenvalue weighted by atomic mass is 127. The van der Waals surface area contributed by atoms with Crippen LogP contribution in [0.1, 0.15) is 12.5 Å². The number of hydrogen-bond donors (Lipinski definition) is 1. The Morgan fingerprint density at radius 1 is 1.50 bits per heavy atom. The Kier molecular flexibility index (Phi) is 4.57. The molecule has 0 saturated heterocycles. The third-order valence-corrected chi connectivity index (χ3v) is 3.42. The van der Waals surface area contributed by atoms with Gasteiger partial charge in [0.15, 0.2) is 0 Å². The fraction of sp³-hybridized carbons (Fsp3) is 0.400. The van der Waals surface area contributed by atoms with Gasteiger partial charge in [0.2, 0.25) is 10.0 Å². The summed E-state index contributed by atoms with van der Waals surface area (Å²) in [5.41, 5.74) is 0.937. The summed E-state index contributed by atoms with van der Waals surface area (Å²) in [6.07, 6.45) is 0.799. The molecule has 0 spiro atoms. The van der Waals surface area contributed by atoms with Crippen LogP contribution in [-0.4, -0.2) is 19.5 Å². The second kappa shape index (κ2) is 5.33. The highest BCUT2D eigenvalue weighted by molar-refractivity contribution is 14.1. The molecule has 1 aromatic rings. The summed E-state index contributed by atoms with van der Waals surface area (Å²) >= 11 is 2.28. The SMILES string of the molecule is COc1ccc(C[C@H](C)I)cc1S(N)(=O)=O. The Labute approximate surface area is 109 Å². The Bertz CT molecular complexity index is 471. The number of rotatable bonds is 4. The maximum absolute atomic E-state index is 11.3.